The average Bonchev–Trinajstić information content (AvgIpc) is 3.04. The van der Waals surface area contributed by atoms with Gasteiger partial charge in [-0.3, -0.25) is 9.78 Å². The second-order valence-electron chi connectivity index (χ2n) is 7.22. The van der Waals surface area contributed by atoms with E-state index in [1.807, 2.05) is 38.7 Å². The number of hydrogen-bond donors (Lipinski definition) is 0. The fraction of sp³-hybridized carbons (Fsp3) is 0.400. The van der Waals surface area contributed by atoms with E-state index in [0.717, 1.165) is 35.9 Å². The highest BCUT2D eigenvalue weighted by Crippen LogP contribution is 2.20. The van der Waals surface area contributed by atoms with Crippen LogP contribution in [-0.4, -0.2) is 56.6 Å². The summed E-state index contributed by atoms with van der Waals surface area (Å²) >= 11 is 0. The van der Waals surface area contributed by atoms with Crippen molar-refractivity contribution in [1.29, 1.82) is 0 Å². The largest absolute Gasteiger partial charge is 0.368 e. The van der Waals surface area contributed by atoms with E-state index in [0.29, 0.717) is 24.3 Å². The van der Waals surface area contributed by atoms with E-state index in [-0.39, 0.29) is 5.91 Å². The lowest BCUT2D eigenvalue weighted by Crippen LogP contribution is -2.48. The van der Waals surface area contributed by atoms with Crippen LogP contribution >= 0.6 is 0 Å². The predicted octanol–water partition coefficient (Wildman–Crippen LogP) is 2.32. The summed E-state index contributed by atoms with van der Waals surface area (Å²) in [6.45, 7) is 10.9. The molecule has 27 heavy (non-hydrogen) atoms. The van der Waals surface area contributed by atoms with E-state index in [1.165, 1.54) is 5.69 Å². The molecule has 7 heteroatoms. The molecule has 1 fully saturated rings. The molecule has 3 aromatic rings. The minimum atomic E-state index is 0.00393. The molecule has 1 amide bonds. The standard InChI is InChI=1S/C20H24N6O/c1-13-9-16(4)26-19(23-13)18(12-21-26)20(27)25-7-5-24(6-8-25)17-10-14(2)22-15(3)11-17/h9-12H,5-8H2,1-4H3. The Labute approximate surface area is 158 Å². The zero-order chi connectivity index (χ0) is 19.1. The molecule has 1 aliphatic rings. The molecule has 3 aromatic heterocycles. The first-order chi connectivity index (χ1) is 12.9. The van der Waals surface area contributed by atoms with Crippen LogP contribution in [0.4, 0.5) is 5.69 Å². The summed E-state index contributed by atoms with van der Waals surface area (Å²) in [5.41, 5.74) is 6.30. The Bertz CT molecular complexity index is 996. The van der Waals surface area contributed by atoms with Crippen molar-refractivity contribution in [3.05, 3.63) is 52.7 Å². The Hall–Kier alpha value is -2.96. The average molecular weight is 364 g/mol. The maximum Gasteiger partial charge on any atom is 0.259 e. The van der Waals surface area contributed by atoms with Gasteiger partial charge in [0.05, 0.1) is 6.20 Å². The van der Waals surface area contributed by atoms with Gasteiger partial charge in [0.1, 0.15) is 5.56 Å². The highest BCUT2D eigenvalue weighted by atomic mass is 16.2. The van der Waals surface area contributed by atoms with E-state index >= 15 is 0 Å². The second-order valence-corrected chi connectivity index (χ2v) is 7.22. The highest BCUT2D eigenvalue weighted by molar-refractivity contribution is 5.99. The van der Waals surface area contributed by atoms with Crippen LogP contribution in [0.2, 0.25) is 0 Å². The molecule has 0 bridgehead atoms. The van der Waals surface area contributed by atoms with Crippen LogP contribution in [0.25, 0.3) is 5.65 Å². The number of piperazine rings is 1. The van der Waals surface area contributed by atoms with Gasteiger partial charge < -0.3 is 9.80 Å². The molecule has 0 aromatic carbocycles. The summed E-state index contributed by atoms with van der Waals surface area (Å²) in [7, 11) is 0. The number of nitrogens with zero attached hydrogens (tertiary/aromatic N) is 6. The molecule has 4 heterocycles. The number of aryl methyl sites for hydroxylation is 4. The Kier molecular flexibility index (Phi) is 4.30. The summed E-state index contributed by atoms with van der Waals surface area (Å²) in [6.07, 6.45) is 1.64. The number of aromatic nitrogens is 4. The van der Waals surface area contributed by atoms with Crippen LogP contribution in [0.3, 0.4) is 0 Å². The fourth-order valence-electron chi connectivity index (χ4n) is 3.75. The summed E-state index contributed by atoms with van der Waals surface area (Å²) < 4.78 is 1.74. The van der Waals surface area contributed by atoms with Gasteiger partial charge >= 0.3 is 0 Å². The third-order valence-corrected chi connectivity index (χ3v) is 5.01. The maximum atomic E-state index is 13.1. The lowest BCUT2D eigenvalue weighted by Gasteiger charge is -2.36. The van der Waals surface area contributed by atoms with Gasteiger partial charge in [0.15, 0.2) is 5.65 Å². The summed E-state index contributed by atoms with van der Waals surface area (Å²) in [5, 5.41) is 4.35. The summed E-state index contributed by atoms with van der Waals surface area (Å²) in [5.74, 6) is 0.00393. The normalized spacial score (nSPS) is 14.8. The molecule has 0 spiro atoms. The van der Waals surface area contributed by atoms with Gasteiger partial charge in [-0.2, -0.15) is 5.10 Å². The molecule has 7 nitrogen and oxygen atoms in total. The van der Waals surface area contributed by atoms with Gasteiger partial charge in [-0.25, -0.2) is 9.50 Å². The molecule has 1 saturated heterocycles. The molecule has 1 aliphatic heterocycles. The van der Waals surface area contributed by atoms with Crippen molar-refractivity contribution in [2.24, 2.45) is 0 Å². The molecule has 140 valence electrons. The van der Waals surface area contributed by atoms with Crippen molar-refractivity contribution < 1.29 is 4.79 Å². The van der Waals surface area contributed by atoms with Gasteiger partial charge in [-0.1, -0.05) is 0 Å². The van der Waals surface area contributed by atoms with Gasteiger partial charge in [-0.05, 0) is 45.9 Å². The predicted molar refractivity (Wildman–Crippen MR) is 104 cm³/mol. The molecule has 0 N–H and O–H groups in total. The number of carbonyl (C=O) groups is 1. The monoisotopic (exact) mass is 364 g/mol. The van der Waals surface area contributed by atoms with Crippen LogP contribution in [0.15, 0.2) is 24.4 Å². The van der Waals surface area contributed by atoms with Crippen molar-refractivity contribution in [1.82, 2.24) is 24.5 Å². The zero-order valence-electron chi connectivity index (χ0n) is 16.2. The quantitative estimate of drug-likeness (QED) is 0.698. The van der Waals surface area contributed by atoms with E-state index in [9.17, 15) is 4.79 Å². The van der Waals surface area contributed by atoms with Crippen molar-refractivity contribution in [2.45, 2.75) is 27.7 Å². The first-order valence-corrected chi connectivity index (χ1v) is 9.24. The van der Waals surface area contributed by atoms with Crippen molar-refractivity contribution >= 4 is 17.2 Å². The SMILES string of the molecule is Cc1cc(N2CCN(C(=O)c3cnn4c(C)cc(C)nc34)CC2)cc(C)n1. The van der Waals surface area contributed by atoms with Crippen LogP contribution in [-0.2, 0) is 0 Å². The van der Waals surface area contributed by atoms with Gasteiger partial charge in [-0.15, -0.1) is 0 Å². The lowest BCUT2D eigenvalue weighted by atomic mass is 10.2. The van der Waals surface area contributed by atoms with Crippen molar-refractivity contribution in [3.8, 4) is 0 Å². The molecule has 0 radical (unpaired) electrons. The summed E-state index contributed by atoms with van der Waals surface area (Å²) in [6, 6.07) is 6.17. The van der Waals surface area contributed by atoms with E-state index in [1.54, 1.807) is 10.7 Å². The lowest BCUT2D eigenvalue weighted by molar-refractivity contribution is 0.0748. The number of rotatable bonds is 2. The van der Waals surface area contributed by atoms with E-state index in [4.69, 9.17) is 0 Å². The van der Waals surface area contributed by atoms with Crippen LogP contribution in [0, 0.1) is 27.7 Å². The van der Waals surface area contributed by atoms with Gasteiger partial charge in [0, 0.05) is 54.6 Å². The molecular weight excluding hydrogens is 340 g/mol. The van der Waals surface area contributed by atoms with Crippen molar-refractivity contribution in [2.75, 3.05) is 31.1 Å². The summed E-state index contributed by atoms with van der Waals surface area (Å²) in [4.78, 5) is 26.2. The topological polar surface area (TPSA) is 66.6 Å². The fourth-order valence-corrected chi connectivity index (χ4v) is 3.75. The van der Waals surface area contributed by atoms with Gasteiger partial charge in [0.2, 0.25) is 0 Å². The Morgan fingerprint density at radius 3 is 2.19 bits per heavy atom. The number of anilines is 1. The zero-order valence-corrected chi connectivity index (χ0v) is 16.2. The number of hydrogen-bond acceptors (Lipinski definition) is 5. The van der Waals surface area contributed by atoms with Crippen molar-refractivity contribution in [3.63, 3.8) is 0 Å². The first-order valence-electron chi connectivity index (χ1n) is 9.24. The maximum absolute atomic E-state index is 13.1. The van der Waals surface area contributed by atoms with E-state index < -0.39 is 0 Å². The van der Waals surface area contributed by atoms with Crippen LogP contribution < -0.4 is 4.90 Å². The molecule has 0 atom stereocenters. The number of carbonyl (C=O) groups excluding carboxylic acids is 1. The minimum Gasteiger partial charge on any atom is -0.368 e. The third-order valence-electron chi connectivity index (χ3n) is 5.01. The first kappa shape index (κ1) is 17.5. The minimum absolute atomic E-state index is 0.00393. The Balaban J connectivity index is 1.52. The third kappa shape index (κ3) is 3.25. The molecule has 0 saturated carbocycles. The van der Waals surface area contributed by atoms with Gasteiger partial charge in [0.25, 0.3) is 5.91 Å². The van der Waals surface area contributed by atoms with Crippen LogP contribution in [0.1, 0.15) is 33.1 Å². The highest BCUT2D eigenvalue weighted by Gasteiger charge is 2.25. The van der Waals surface area contributed by atoms with Crippen LogP contribution in [0.5, 0.6) is 0 Å². The Morgan fingerprint density at radius 2 is 1.52 bits per heavy atom. The smallest absolute Gasteiger partial charge is 0.259 e. The second kappa shape index (κ2) is 6.64. The molecule has 0 unspecified atom stereocenters. The Morgan fingerprint density at radius 1 is 0.889 bits per heavy atom. The van der Waals surface area contributed by atoms with E-state index in [2.05, 4.69) is 32.1 Å². The number of amides is 1. The molecular formula is C20H24N6O. The molecule has 0 aliphatic carbocycles. The number of fused-ring (bicyclic) bond motifs is 1. The number of pyridine rings is 1. The molecule has 4 rings (SSSR count).